The Hall–Kier alpha value is -1.55. The van der Waals surface area contributed by atoms with E-state index in [9.17, 15) is 0 Å². The first-order chi connectivity index (χ1) is 6.68. The van der Waals surface area contributed by atoms with E-state index in [1.165, 1.54) is 0 Å². The zero-order valence-electron chi connectivity index (χ0n) is 7.61. The summed E-state index contributed by atoms with van der Waals surface area (Å²) in [6.07, 6.45) is 3.26. The largest absolute Gasteiger partial charge is 0.384 e. The molecule has 0 unspecified atom stereocenters. The van der Waals surface area contributed by atoms with Gasteiger partial charge in [-0.3, -0.25) is 9.67 Å². The second kappa shape index (κ2) is 3.31. The fraction of sp³-hybridized carbons (Fsp3) is 0.111. The van der Waals surface area contributed by atoms with Gasteiger partial charge in [-0.25, -0.2) is 0 Å². The van der Waals surface area contributed by atoms with Gasteiger partial charge in [0.1, 0.15) is 5.82 Å². The summed E-state index contributed by atoms with van der Waals surface area (Å²) in [5.74, 6) is 0.605. The van der Waals surface area contributed by atoms with Gasteiger partial charge in [-0.05, 0) is 6.07 Å². The van der Waals surface area contributed by atoms with E-state index < -0.39 is 0 Å². The second-order valence-corrected chi connectivity index (χ2v) is 3.34. The lowest BCUT2D eigenvalue weighted by Crippen LogP contribution is -1.96. The molecular formula is C9H9ClN4. The average Bonchev–Trinajstić information content (AvgIpc) is 2.48. The Morgan fingerprint density at radius 1 is 1.50 bits per heavy atom. The van der Waals surface area contributed by atoms with Crippen LogP contribution in [0.5, 0.6) is 0 Å². The van der Waals surface area contributed by atoms with Crippen LogP contribution in [0.25, 0.3) is 11.3 Å². The van der Waals surface area contributed by atoms with Crippen molar-refractivity contribution in [2.24, 2.45) is 7.05 Å². The number of hydrogen-bond acceptors (Lipinski definition) is 3. The molecule has 2 heterocycles. The summed E-state index contributed by atoms with van der Waals surface area (Å²) in [5, 5.41) is 4.80. The lowest BCUT2D eigenvalue weighted by molar-refractivity contribution is 0.782. The lowest BCUT2D eigenvalue weighted by Gasteiger charge is -1.97. The van der Waals surface area contributed by atoms with E-state index in [1.54, 1.807) is 30.2 Å². The van der Waals surface area contributed by atoms with Crippen molar-refractivity contribution >= 4 is 17.4 Å². The first-order valence-electron chi connectivity index (χ1n) is 4.08. The van der Waals surface area contributed by atoms with Crippen LogP contribution in [-0.4, -0.2) is 14.8 Å². The number of aromatic nitrogens is 3. The highest BCUT2D eigenvalue weighted by Gasteiger charge is 2.07. The van der Waals surface area contributed by atoms with Crippen molar-refractivity contribution in [3.63, 3.8) is 0 Å². The third kappa shape index (κ3) is 1.44. The molecule has 0 amide bonds. The molecule has 0 atom stereocenters. The predicted molar refractivity (Wildman–Crippen MR) is 55.9 cm³/mol. The van der Waals surface area contributed by atoms with Crippen molar-refractivity contribution in [3.05, 3.63) is 29.5 Å². The van der Waals surface area contributed by atoms with E-state index >= 15 is 0 Å². The van der Waals surface area contributed by atoms with Crippen molar-refractivity contribution in [2.75, 3.05) is 5.73 Å². The Morgan fingerprint density at radius 2 is 2.29 bits per heavy atom. The Balaban J connectivity index is 2.55. The van der Waals surface area contributed by atoms with Gasteiger partial charge < -0.3 is 5.73 Å². The normalized spacial score (nSPS) is 10.4. The molecule has 0 aromatic carbocycles. The Morgan fingerprint density at radius 3 is 2.86 bits per heavy atom. The van der Waals surface area contributed by atoms with Gasteiger partial charge in [0.15, 0.2) is 0 Å². The summed E-state index contributed by atoms with van der Waals surface area (Å²) in [6.45, 7) is 0. The number of nitrogen functional groups attached to an aromatic ring is 1. The van der Waals surface area contributed by atoms with Gasteiger partial charge >= 0.3 is 0 Å². The molecule has 0 saturated carbocycles. The maximum absolute atomic E-state index is 5.97. The van der Waals surface area contributed by atoms with Gasteiger partial charge in [-0.15, -0.1) is 0 Å². The van der Waals surface area contributed by atoms with Crippen molar-refractivity contribution in [1.29, 1.82) is 0 Å². The molecule has 2 aromatic rings. The minimum Gasteiger partial charge on any atom is -0.384 e. The SMILES string of the molecule is Cn1nc(-c2ccncc2Cl)cc1N. The van der Waals surface area contributed by atoms with Crippen LogP contribution in [0.3, 0.4) is 0 Å². The summed E-state index contributed by atoms with van der Waals surface area (Å²) in [6, 6.07) is 3.59. The smallest absolute Gasteiger partial charge is 0.121 e. The molecule has 14 heavy (non-hydrogen) atoms. The van der Waals surface area contributed by atoms with Crippen molar-refractivity contribution in [1.82, 2.24) is 14.8 Å². The number of hydrogen-bond donors (Lipinski definition) is 1. The number of rotatable bonds is 1. The summed E-state index contributed by atoms with van der Waals surface area (Å²) >= 11 is 5.97. The Bertz CT molecular complexity index is 444. The zero-order valence-corrected chi connectivity index (χ0v) is 8.36. The maximum Gasteiger partial charge on any atom is 0.121 e. The third-order valence-electron chi connectivity index (χ3n) is 1.96. The average molecular weight is 209 g/mol. The zero-order chi connectivity index (χ0) is 10.1. The van der Waals surface area contributed by atoms with Gasteiger partial charge in [0.05, 0.1) is 10.7 Å². The number of pyridine rings is 1. The molecule has 0 radical (unpaired) electrons. The topological polar surface area (TPSA) is 56.7 Å². The molecular weight excluding hydrogens is 200 g/mol. The standard InChI is InChI=1S/C9H9ClN4/c1-14-9(11)4-8(13-14)6-2-3-12-5-7(6)10/h2-5H,11H2,1H3. The first-order valence-corrected chi connectivity index (χ1v) is 4.45. The van der Waals surface area contributed by atoms with Crippen LogP contribution in [-0.2, 0) is 7.05 Å². The van der Waals surface area contributed by atoms with Crippen molar-refractivity contribution in [2.45, 2.75) is 0 Å². The first kappa shape index (κ1) is 9.02. The predicted octanol–water partition coefficient (Wildman–Crippen LogP) is 1.72. The minimum absolute atomic E-state index is 0.575. The summed E-state index contributed by atoms with van der Waals surface area (Å²) in [5.41, 5.74) is 7.27. The minimum atomic E-state index is 0.575. The molecule has 72 valence electrons. The van der Waals surface area contributed by atoms with Crippen LogP contribution in [0.15, 0.2) is 24.5 Å². The van der Waals surface area contributed by atoms with Crippen molar-refractivity contribution < 1.29 is 0 Å². The second-order valence-electron chi connectivity index (χ2n) is 2.93. The van der Waals surface area contributed by atoms with Crippen LogP contribution in [0.4, 0.5) is 5.82 Å². The highest BCUT2D eigenvalue weighted by molar-refractivity contribution is 6.33. The van der Waals surface area contributed by atoms with Gasteiger partial charge in [-0.1, -0.05) is 11.6 Å². The molecule has 0 aliphatic heterocycles. The van der Waals surface area contributed by atoms with E-state index in [0.29, 0.717) is 10.8 Å². The molecule has 0 aliphatic carbocycles. The molecule has 5 heteroatoms. The fourth-order valence-corrected chi connectivity index (χ4v) is 1.41. The van der Waals surface area contributed by atoms with E-state index in [1.807, 2.05) is 6.07 Å². The molecule has 4 nitrogen and oxygen atoms in total. The van der Waals surface area contributed by atoms with Gasteiger partial charge in [-0.2, -0.15) is 5.10 Å². The van der Waals surface area contributed by atoms with Crippen molar-refractivity contribution in [3.8, 4) is 11.3 Å². The maximum atomic E-state index is 5.97. The van der Waals surface area contributed by atoms with Crippen LogP contribution in [0, 0.1) is 0 Å². The van der Waals surface area contributed by atoms with Crippen LogP contribution >= 0.6 is 11.6 Å². The molecule has 0 fully saturated rings. The van der Waals surface area contributed by atoms with Crippen LogP contribution < -0.4 is 5.73 Å². The summed E-state index contributed by atoms with van der Waals surface area (Å²) < 4.78 is 1.60. The molecule has 2 rings (SSSR count). The van der Waals surface area contributed by atoms with Gasteiger partial charge in [0.25, 0.3) is 0 Å². The highest BCUT2D eigenvalue weighted by atomic mass is 35.5. The van der Waals surface area contributed by atoms with Gasteiger partial charge in [0, 0.05) is 31.1 Å². The number of nitrogens with zero attached hydrogens (tertiary/aromatic N) is 3. The highest BCUT2D eigenvalue weighted by Crippen LogP contribution is 2.26. The van der Waals surface area contributed by atoms with E-state index in [0.717, 1.165) is 11.3 Å². The fourth-order valence-electron chi connectivity index (χ4n) is 1.20. The summed E-state index contributed by atoms with van der Waals surface area (Å²) in [4.78, 5) is 3.90. The quantitative estimate of drug-likeness (QED) is 0.777. The Labute approximate surface area is 86.3 Å². The molecule has 0 bridgehead atoms. The van der Waals surface area contributed by atoms with E-state index in [4.69, 9.17) is 17.3 Å². The lowest BCUT2D eigenvalue weighted by atomic mass is 10.2. The third-order valence-corrected chi connectivity index (χ3v) is 2.27. The molecule has 2 aromatic heterocycles. The van der Waals surface area contributed by atoms with E-state index in [2.05, 4.69) is 10.1 Å². The number of aryl methyl sites for hydroxylation is 1. The Kier molecular flexibility index (Phi) is 2.13. The number of anilines is 1. The monoisotopic (exact) mass is 208 g/mol. The summed E-state index contributed by atoms with van der Waals surface area (Å²) in [7, 11) is 1.79. The number of halogens is 1. The van der Waals surface area contributed by atoms with Gasteiger partial charge in [0.2, 0.25) is 0 Å². The van der Waals surface area contributed by atoms with E-state index in [-0.39, 0.29) is 0 Å². The van der Waals surface area contributed by atoms with Crippen LogP contribution in [0.1, 0.15) is 0 Å². The molecule has 0 saturated heterocycles. The molecule has 0 aliphatic rings. The molecule has 0 spiro atoms. The van der Waals surface area contributed by atoms with Crippen LogP contribution in [0.2, 0.25) is 5.02 Å². The molecule has 2 N–H and O–H groups in total. The number of nitrogens with two attached hydrogens (primary N) is 1.